The Balaban J connectivity index is 1.54. The number of nitrogens with zero attached hydrogens (tertiary/aromatic N) is 1. The molecule has 0 atom stereocenters. The number of halogens is 1. The number of hydrogen-bond donors (Lipinski definition) is 1. The van der Waals surface area contributed by atoms with Gasteiger partial charge in [-0.2, -0.15) is 0 Å². The summed E-state index contributed by atoms with van der Waals surface area (Å²) in [6.07, 6.45) is 9.93. The van der Waals surface area contributed by atoms with E-state index in [1.54, 1.807) is 5.57 Å². The third-order valence-electron chi connectivity index (χ3n) is 4.94. The van der Waals surface area contributed by atoms with Crippen molar-refractivity contribution in [1.29, 1.82) is 0 Å². The summed E-state index contributed by atoms with van der Waals surface area (Å²) >= 11 is 6.27. The van der Waals surface area contributed by atoms with Crippen LogP contribution in [0.4, 0.5) is 0 Å². The first-order chi connectivity index (χ1) is 10.3. The van der Waals surface area contributed by atoms with Crippen molar-refractivity contribution in [3.8, 4) is 0 Å². The highest BCUT2D eigenvalue weighted by Crippen LogP contribution is 2.29. The maximum absolute atomic E-state index is 9.11. The Bertz CT molecular complexity index is 512. The molecule has 1 heterocycles. The number of aliphatic hydroxyl groups is 1. The van der Waals surface area contributed by atoms with E-state index in [4.69, 9.17) is 16.7 Å². The lowest BCUT2D eigenvalue weighted by atomic mass is 9.89. The number of benzene rings is 1. The van der Waals surface area contributed by atoms with Crippen LogP contribution in [0.2, 0.25) is 5.02 Å². The van der Waals surface area contributed by atoms with Crippen LogP contribution < -0.4 is 0 Å². The highest BCUT2D eigenvalue weighted by atomic mass is 35.5. The Labute approximate surface area is 132 Å². The van der Waals surface area contributed by atoms with E-state index in [9.17, 15) is 0 Å². The van der Waals surface area contributed by atoms with E-state index < -0.39 is 0 Å². The number of likely N-dealkylation sites (tertiary alicyclic amines) is 1. The van der Waals surface area contributed by atoms with Crippen molar-refractivity contribution in [3.63, 3.8) is 0 Å². The van der Waals surface area contributed by atoms with Crippen molar-refractivity contribution < 1.29 is 5.11 Å². The lowest BCUT2D eigenvalue weighted by Crippen LogP contribution is -2.43. The molecular formula is C18H24ClNO. The van der Waals surface area contributed by atoms with Crippen LogP contribution in [-0.4, -0.2) is 29.1 Å². The van der Waals surface area contributed by atoms with Crippen LogP contribution in [0.15, 0.2) is 29.8 Å². The SMILES string of the molecule is OCc1ccc(CC=C2CCN(C3CCC3)CC2)c(Cl)c1. The van der Waals surface area contributed by atoms with Gasteiger partial charge < -0.3 is 5.11 Å². The summed E-state index contributed by atoms with van der Waals surface area (Å²) < 4.78 is 0. The van der Waals surface area contributed by atoms with Crippen LogP contribution in [0.3, 0.4) is 0 Å². The van der Waals surface area contributed by atoms with Crippen molar-refractivity contribution in [2.75, 3.05) is 13.1 Å². The van der Waals surface area contributed by atoms with Crippen LogP contribution in [0.1, 0.15) is 43.2 Å². The topological polar surface area (TPSA) is 23.5 Å². The summed E-state index contributed by atoms with van der Waals surface area (Å²) in [5.41, 5.74) is 3.61. The zero-order valence-electron chi connectivity index (χ0n) is 12.5. The van der Waals surface area contributed by atoms with Gasteiger partial charge >= 0.3 is 0 Å². The molecule has 1 saturated heterocycles. The molecule has 1 saturated carbocycles. The smallest absolute Gasteiger partial charge is 0.0682 e. The average Bonchev–Trinajstić information content (AvgIpc) is 2.45. The number of hydrogen-bond acceptors (Lipinski definition) is 2. The van der Waals surface area contributed by atoms with Gasteiger partial charge in [-0.1, -0.05) is 41.8 Å². The Morgan fingerprint density at radius 1 is 1.24 bits per heavy atom. The Kier molecular flexibility index (Phi) is 4.99. The number of rotatable bonds is 4. The summed E-state index contributed by atoms with van der Waals surface area (Å²) in [4.78, 5) is 2.67. The molecule has 1 aromatic carbocycles. The summed E-state index contributed by atoms with van der Waals surface area (Å²) in [6.45, 7) is 2.51. The predicted octanol–water partition coefficient (Wildman–Crippen LogP) is 3.95. The first kappa shape index (κ1) is 15.1. The van der Waals surface area contributed by atoms with Gasteiger partial charge in [-0.15, -0.1) is 0 Å². The molecule has 2 nitrogen and oxygen atoms in total. The Morgan fingerprint density at radius 3 is 2.57 bits per heavy atom. The second kappa shape index (κ2) is 6.95. The molecule has 0 spiro atoms. The molecule has 0 amide bonds. The van der Waals surface area contributed by atoms with Crippen molar-refractivity contribution in [3.05, 3.63) is 46.0 Å². The van der Waals surface area contributed by atoms with Crippen LogP contribution >= 0.6 is 11.6 Å². The van der Waals surface area contributed by atoms with E-state index in [1.165, 1.54) is 45.2 Å². The number of allylic oxidation sites excluding steroid dienone is 1. The molecule has 3 heteroatoms. The van der Waals surface area contributed by atoms with Crippen molar-refractivity contribution in [2.24, 2.45) is 0 Å². The molecule has 114 valence electrons. The fourth-order valence-corrected chi connectivity index (χ4v) is 3.52. The summed E-state index contributed by atoms with van der Waals surface area (Å²) in [5, 5.41) is 9.87. The fraction of sp³-hybridized carbons (Fsp3) is 0.556. The summed E-state index contributed by atoms with van der Waals surface area (Å²) in [7, 11) is 0. The average molecular weight is 306 g/mol. The van der Waals surface area contributed by atoms with Gasteiger partial charge in [-0.05, 0) is 49.3 Å². The second-order valence-electron chi connectivity index (χ2n) is 6.27. The van der Waals surface area contributed by atoms with E-state index >= 15 is 0 Å². The van der Waals surface area contributed by atoms with Crippen LogP contribution in [0.25, 0.3) is 0 Å². The summed E-state index contributed by atoms with van der Waals surface area (Å²) in [5.74, 6) is 0. The molecule has 0 bridgehead atoms. The Morgan fingerprint density at radius 2 is 2.00 bits per heavy atom. The molecule has 1 aliphatic heterocycles. The maximum Gasteiger partial charge on any atom is 0.0682 e. The molecule has 1 aliphatic carbocycles. The highest BCUT2D eigenvalue weighted by Gasteiger charge is 2.26. The largest absolute Gasteiger partial charge is 0.392 e. The standard InChI is InChI=1S/C18H24ClNO/c19-18-12-15(13-21)5-7-16(18)6-4-14-8-10-20(11-9-14)17-2-1-3-17/h4-5,7,12,17,21H,1-3,6,8-11,13H2. The first-order valence-corrected chi connectivity index (χ1v) is 8.44. The van der Waals surface area contributed by atoms with Gasteiger partial charge in [0.2, 0.25) is 0 Å². The minimum Gasteiger partial charge on any atom is -0.392 e. The van der Waals surface area contributed by atoms with Crippen molar-refractivity contribution in [2.45, 2.75) is 51.2 Å². The summed E-state index contributed by atoms with van der Waals surface area (Å²) in [6, 6.07) is 6.74. The maximum atomic E-state index is 9.11. The van der Waals surface area contributed by atoms with E-state index in [-0.39, 0.29) is 6.61 Å². The van der Waals surface area contributed by atoms with Crippen LogP contribution in [0, 0.1) is 0 Å². The zero-order valence-corrected chi connectivity index (χ0v) is 13.3. The molecule has 3 rings (SSSR count). The second-order valence-corrected chi connectivity index (χ2v) is 6.68. The Hall–Kier alpha value is -0.830. The molecule has 0 unspecified atom stereocenters. The zero-order chi connectivity index (χ0) is 14.7. The van der Waals surface area contributed by atoms with E-state index in [0.29, 0.717) is 0 Å². The third kappa shape index (κ3) is 3.68. The van der Waals surface area contributed by atoms with E-state index in [1.807, 2.05) is 18.2 Å². The highest BCUT2D eigenvalue weighted by molar-refractivity contribution is 6.31. The molecule has 2 fully saturated rings. The quantitative estimate of drug-likeness (QED) is 0.851. The molecular weight excluding hydrogens is 282 g/mol. The fourth-order valence-electron chi connectivity index (χ4n) is 3.24. The van der Waals surface area contributed by atoms with Crippen LogP contribution in [-0.2, 0) is 13.0 Å². The van der Waals surface area contributed by atoms with Gasteiger partial charge in [-0.3, -0.25) is 4.90 Å². The molecule has 21 heavy (non-hydrogen) atoms. The predicted molar refractivity (Wildman–Crippen MR) is 87.6 cm³/mol. The molecule has 0 radical (unpaired) electrons. The lowest BCUT2D eigenvalue weighted by molar-refractivity contribution is 0.118. The number of piperidine rings is 1. The minimum absolute atomic E-state index is 0.0537. The monoisotopic (exact) mass is 305 g/mol. The number of aliphatic hydroxyl groups excluding tert-OH is 1. The molecule has 2 aliphatic rings. The van der Waals surface area contributed by atoms with E-state index in [2.05, 4.69) is 11.0 Å². The van der Waals surface area contributed by atoms with Gasteiger partial charge in [0.25, 0.3) is 0 Å². The van der Waals surface area contributed by atoms with E-state index in [0.717, 1.165) is 28.6 Å². The van der Waals surface area contributed by atoms with Crippen molar-refractivity contribution >= 4 is 11.6 Å². The van der Waals surface area contributed by atoms with Gasteiger partial charge in [0, 0.05) is 24.2 Å². The third-order valence-corrected chi connectivity index (χ3v) is 5.29. The minimum atomic E-state index is 0.0537. The van der Waals surface area contributed by atoms with Gasteiger partial charge in [0.1, 0.15) is 0 Å². The van der Waals surface area contributed by atoms with Gasteiger partial charge in [-0.25, -0.2) is 0 Å². The first-order valence-electron chi connectivity index (χ1n) is 8.06. The lowest BCUT2D eigenvalue weighted by Gasteiger charge is -2.40. The molecule has 0 aromatic heterocycles. The molecule has 1 aromatic rings. The van der Waals surface area contributed by atoms with Crippen LogP contribution in [0.5, 0.6) is 0 Å². The normalized spacial score (nSPS) is 20.4. The van der Waals surface area contributed by atoms with Gasteiger partial charge in [0.15, 0.2) is 0 Å². The van der Waals surface area contributed by atoms with Crippen molar-refractivity contribution in [1.82, 2.24) is 4.90 Å². The molecule has 1 N–H and O–H groups in total. The van der Waals surface area contributed by atoms with Gasteiger partial charge in [0.05, 0.1) is 6.61 Å².